The molecule has 0 radical (unpaired) electrons. The fraction of sp³-hybridized carbons (Fsp3) is 1.00. The van der Waals surface area contributed by atoms with E-state index in [-0.39, 0.29) is 0 Å². The first kappa shape index (κ1) is 12.3. The summed E-state index contributed by atoms with van der Waals surface area (Å²) in [6.07, 6.45) is 7.06. The van der Waals surface area contributed by atoms with Crippen LogP contribution in [-0.4, -0.2) is 49.8 Å². The predicted octanol–water partition coefficient (Wildman–Crippen LogP) is 1.63. The molecule has 2 heterocycles. The Hall–Kier alpha value is -0.120. The van der Waals surface area contributed by atoms with Gasteiger partial charge in [-0.25, -0.2) is 0 Å². The van der Waals surface area contributed by atoms with Gasteiger partial charge in [0.2, 0.25) is 0 Å². The summed E-state index contributed by atoms with van der Waals surface area (Å²) in [5, 5.41) is 3.65. The Labute approximate surface area is 99.5 Å². The van der Waals surface area contributed by atoms with Crippen LogP contribution in [0.15, 0.2) is 0 Å². The molecule has 2 rings (SSSR count). The Morgan fingerprint density at radius 1 is 1.31 bits per heavy atom. The molecule has 3 heteroatoms. The van der Waals surface area contributed by atoms with Crippen molar-refractivity contribution >= 4 is 0 Å². The second kappa shape index (κ2) is 5.99. The van der Waals surface area contributed by atoms with Gasteiger partial charge in [0, 0.05) is 18.7 Å². The molecule has 0 aromatic rings. The number of hydrogen-bond donors (Lipinski definition) is 1. The van der Waals surface area contributed by atoms with Crippen LogP contribution >= 0.6 is 0 Å². The van der Waals surface area contributed by atoms with Gasteiger partial charge in [-0.05, 0) is 52.7 Å². The molecule has 0 amide bonds. The van der Waals surface area contributed by atoms with Crippen molar-refractivity contribution in [1.82, 2.24) is 10.2 Å². The molecule has 94 valence electrons. The van der Waals surface area contributed by atoms with Crippen molar-refractivity contribution in [2.45, 2.75) is 57.2 Å². The summed E-state index contributed by atoms with van der Waals surface area (Å²) in [6.45, 7) is 5.54. The SMILES string of the molecule is CC1OCCC1NCCC1CCCCN1C. The molecule has 0 bridgehead atoms. The maximum Gasteiger partial charge on any atom is 0.0700 e. The van der Waals surface area contributed by atoms with Crippen LogP contribution in [0.5, 0.6) is 0 Å². The van der Waals surface area contributed by atoms with Crippen LogP contribution in [-0.2, 0) is 4.74 Å². The first-order chi connectivity index (χ1) is 7.77. The monoisotopic (exact) mass is 226 g/mol. The van der Waals surface area contributed by atoms with Crippen LogP contribution in [0.1, 0.15) is 39.0 Å². The Morgan fingerprint density at radius 3 is 2.88 bits per heavy atom. The lowest BCUT2D eigenvalue weighted by Crippen LogP contribution is -2.41. The number of piperidine rings is 1. The number of nitrogens with one attached hydrogen (secondary N) is 1. The second-order valence-corrected chi connectivity index (χ2v) is 5.34. The standard InChI is InChI=1S/C13H26N2O/c1-11-13(7-10-16-11)14-8-6-12-5-3-4-9-15(12)2/h11-14H,3-10H2,1-2H3. The van der Waals surface area contributed by atoms with E-state index in [1.807, 2.05) is 0 Å². The van der Waals surface area contributed by atoms with Crippen molar-refractivity contribution in [3.05, 3.63) is 0 Å². The predicted molar refractivity (Wildman–Crippen MR) is 66.7 cm³/mol. The Kier molecular flexibility index (Phi) is 4.62. The van der Waals surface area contributed by atoms with E-state index in [0.29, 0.717) is 12.1 Å². The molecule has 0 aromatic heterocycles. The van der Waals surface area contributed by atoms with Gasteiger partial charge < -0.3 is 15.0 Å². The molecule has 1 N–H and O–H groups in total. The van der Waals surface area contributed by atoms with Gasteiger partial charge in [0.15, 0.2) is 0 Å². The summed E-state index contributed by atoms with van der Waals surface area (Å²) < 4.78 is 5.56. The van der Waals surface area contributed by atoms with Crippen LogP contribution in [0.25, 0.3) is 0 Å². The highest BCUT2D eigenvalue weighted by molar-refractivity contribution is 4.81. The quantitative estimate of drug-likeness (QED) is 0.788. The van der Waals surface area contributed by atoms with E-state index in [1.165, 1.54) is 38.6 Å². The second-order valence-electron chi connectivity index (χ2n) is 5.34. The lowest BCUT2D eigenvalue weighted by molar-refractivity contribution is 0.112. The highest BCUT2D eigenvalue weighted by Gasteiger charge is 2.24. The molecule has 0 spiro atoms. The van der Waals surface area contributed by atoms with E-state index in [4.69, 9.17) is 4.74 Å². The maximum atomic E-state index is 5.56. The molecule has 2 saturated heterocycles. The molecule has 3 unspecified atom stereocenters. The van der Waals surface area contributed by atoms with Crippen LogP contribution in [0, 0.1) is 0 Å². The Morgan fingerprint density at radius 2 is 2.19 bits per heavy atom. The van der Waals surface area contributed by atoms with Gasteiger partial charge in [0.25, 0.3) is 0 Å². The summed E-state index contributed by atoms with van der Waals surface area (Å²) in [5.41, 5.74) is 0. The molecule has 2 aliphatic heterocycles. The molecular weight excluding hydrogens is 200 g/mol. The van der Waals surface area contributed by atoms with Crippen LogP contribution < -0.4 is 5.32 Å². The summed E-state index contributed by atoms with van der Waals surface area (Å²) in [4.78, 5) is 2.53. The normalized spacial score (nSPS) is 36.8. The zero-order valence-electron chi connectivity index (χ0n) is 10.7. The number of rotatable bonds is 4. The maximum absolute atomic E-state index is 5.56. The van der Waals surface area contributed by atoms with Gasteiger partial charge in [0.1, 0.15) is 0 Å². The lowest BCUT2D eigenvalue weighted by atomic mass is 10.00. The largest absolute Gasteiger partial charge is 0.377 e. The third kappa shape index (κ3) is 3.19. The van der Waals surface area contributed by atoms with Crippen molar-refractivity contribution in [1.29, 1.82) is 0 Å². The molecule has 2 fully saturated rings. The molecule has 3 nitrogen and oxygen atoms in total. The van der Waals surface area contributed by atoms with Gasteiger partial charge in [-0.1, -0.05) is 6.42 Å². The third-order valence-corrected chi connectivity index (χ3v) is 4.18. The van der Waals surface area contributed by atoms with E-state index < -0.39 is 0 Å². The van der Waals surface area contributed by atoms with Gasteiger partial charge in [-0.15, -0.1) is 0 Å². The van der Waals surface area contributed by atoms with E-state index in [2.05, 4.69) is 24.2 Å². The van der Waals surface area contributed by atoms with Crippen LogP contribution in [0.2, 0.25) is 0 Å². The zero-order chi connectivity index (χ0) is 11.4. The summed E-state index contributed by atoms with van der Waals surface area (Å²) in [6, 6.07) is 1.40. The fourth-order valence-electron chi connectivity index (χ4n) is 2.94. The van der Waals surface area contributed by atoms with E-state index in [9.17, 15) is 0 Å². The number of hydrogen-bond acceptors (Lipinski definition) is 3. The van der Waals surface area contributed by atoms with Crippen molar-refractivity contribution in [3.8, 4) is 0 Å². The first-order valence-corrected chi connectivity index (χ1v) is 6.82. The number of ether oxygens (including phenoxy) is 1. The molecule has 16 heavy (non-hydrogen) atoms. The van der Waals surface area contributed by atoms with E-state index in [1.54, 1.807) is 0 Å². The zero-order valence-corrected chi connectivity index (χ0v) is 10.7. The van der Waals surface area contributed by atoms with Crippen molar-refractivity contribution in [2.24, 2.45) is 0 Å². The smallest absolute Gasteiger partial charge is 0.0700 e. The molecule has 0 saturated carbocycles. The summed E-state index contributed by atoms with van der Waals surface area (Å²) in [7, 11) is 2.27. The fourth-order valence-corrected chi connectivity index (χ4v) is 2.94. The molecule has 0 aliphatic carbocycles. The highest BCUT2D eigenvalue weighted by atomic mass is 16.5. The number of likely N-dealkylation sites (tertiary alicyclic amines) is 1. The topological polar surface area (TPSA) is 24.5 Å². The third-order valence-electron chi connectivity index (χ3n) is 4.18. The summed E-state index contributed by atoms with van der Waals surface area (Å²) in [5.74, 6) is 0. The number of nitrogens with zero attached hydrogens (tertiary/aromatic N) is 1. The first-order valence-electron chi connectivity index (χ1n) is 6.82. The van der Waals surface area contributed by atoms with Crippen molar-refractivity contribution in [2.75, 3.05) is 26.7 Å². The minimum atomic E-state index is 0.407. The lowest BCUT2D eigenvalue weighted by Gasteiger charge is -2.33. The molecule has 2 aliphatic rings. The van der Waals surface area contributed by atoms with Gasteiger partial charge in [-0.2, -0.15) is 0 Å². The van der Waals surface area contributed by atoms with Crippen molar-refractivity contribution in [3.63, 3.8) is 0 Å². The molecule has 3 atom stereocenters. The minimum absolute atomic E-state index is 0.407. The van der Waals surface area contributed by atoms with E-state index in [0.717, 1.165) is 19.2 Å². The van der Waals surface area contributed by atoms with Gasteiger partial charge >= 0.3 is 0 Å². The minimum Gasteiger partial charge on any atom is -0.377 e. The highest BCUT2D eigenvalue weighted by Crippen LogP contribution is 2.18. The Balaban J connectivity index is 1.63. The van der Waals surface area contributed by atoms with E-state index >= 15 is 0 Å². The molecular formula is C13H26N2O. The summed E-state index contributed by atoms with van der Waals surface area (Å²) >= 11 is 0. The average Bonchev–Trinajstić information content (AvgIpc) is 2.67. The van der Waals surface area contributed by atoms with Gasteiger partial charge in [0.05, 0.1) is 6.10 Å². The molecule has 0 aromatic carbocycles. The van der Waals surface area contributed by atoms with Gasteiger partial charge in [-0.3, -0.25) is 0 Å². The van der Waals surface area contributed by atoms with Crippen molar-refractivity contribution < 1.29 is 4.74 Å². The van der Waals surface area contributed by atoms with Crippen LogP contribution in [0.4, 0.5) is 0 Å². The Bertz CT molecular complexity index is 210. The van der Waals surface area contributed by atoms with Crippen LogP contribution in [0.3, 0.4) is 0 Å². The average molecular weight is 226 g/mol.